The Balaban J connectivity index is 3.08. The highest BCUT2D eigenvalue weighted by atomic mass is 127. The summed E-state index contributed by atoms with van der Waals surface area (Å²) >= 11 is 5.55. The highest BCUT2D eigenvalue weighted by molar-refractivity contribution is 14.1. The van der Waals surface area contributed by atoms with Crippen molar-refractivity contribution in [2.24, 2.45) is 0 Å². The fourth-order valence-electron chi connectivity index (χ4n) is 0.919. The van der Waals surface area contributed by atoms with Crippen LogP contribution in [0, 0.1) is 3.57 Å². The first-order valence-electron chi connectivity index (χ1n) is 3.62. The summed E-state index contributed by atoms with van der Waals surface area (Å²) in [7, 11) is 0. The van der Waals surface area contributed by atoms with Gasteiger partial charge >= 0.3 is 0 Å². The van der Waals surface area contributed by atoms with Gasteiger partial charge in [-0.1, -0.05) is 22.9 Å². The van der Waals surface area contributed by atoms with Crippen LogP contribution in [0.25, 0.3) is 0 Å². The summed E-state index contributed by atoms with van der Waals surface area (Å²) in [6.45, 7) is 1.87. The van der Waals surface area contributed by atoms with Crippen LogP contribution in [0.15, 0.2) is 22.7 Å². The van der Waals surface area contributed by atoms with Crippen molar-refractivity contribution in [3.63, 3.8) is 0 Å². The van der Waals surface area contributed by atoms with Gasteiger partial charge in [-0.05, 0) is 40.8 Å². The summed E-state index contributed by atoms with van der Waals surface area (Å²) in [5, 5.41) is 0. The maximum absolute atomic E-state index is 11.3. The molecule has 0 aliphatic rings. The number of Topliss-reactive ketones (excluding diaryl/α,β-unsaturated/α-hetero) is 1. The molecule has 0 aliphatic carbocycles. The average molecular weight is 339 g/mol. The van der Waals surface area contributed by atoms with Crippen LogP contribution in [0.4, 0.5) is 0 Å². The molecule has 1 rings (SSSR count). The molecular weight excluding hydrogens is 331 g/mol. The van der Waals surface area contributed by atoms with Crippen LogP contribution in [0.3, 0.4) is 0 Å². The minimum Gasteiger partial charge on any atom is -0.294 e. The number of hydrogen-bond acceptors (Lipinski definition) is 1. The molecule has 1 aromatic rings. The van der Waals surface area contributed by atoms with Gasteiger partial charge in [0.1, 0.15) is 0 Å². The topological polar surface area (TPSA) is 17.1 Å². The van der Waals surface area contributed by atoms with Crippen molar-refractivity contribution >= 4 is 44.3 Å². The van der Waals surface area contributed by atoms with E-state index in [2.05, 4.69) is 38.5 Å². The zero-order valence-corrected chi connectivity index (χ0v) is 10.3. The van der Waals surface area contributed by atoms with E-state index < -0.39 is 0 Å². The molecule has 0 aromatic heterocycles. The van der Waals surface area contributed by atoms with Gasteiger partial charge < -0.3 is 0 Å². The Morgan fingerprint density at radius 2 is 2.17 bits per heavy atom. The molecule has 0 N–H and O–H groups in total. The van der Waals surface area contributed by atoms with E-state index in [1.54, 1.807) is 0 Å². The summed E-state index contributed by atoms with van der Waals surface area (Å²) in [5.74, 6) is 0.189. The lowest BCUT2D eigenvalue weighted by atomic mass is 10.1. The van der Waals surface area contributed by atoms with Crippen molar-refractivity contribution < 1.29 is 4.79 Å². The molecule has 3 heteroatoms. The molecule has 64 valence electrons. The molecule has 0 saturated heterocycles. The molecule has 0 heterocycles. The van der Waals surface area contributed by atoms with Crippen molar-refractivity contribution in [3.8, 4) is 0 Å². The zero-order valence-electron chi connectivity index (χ0n) is 6.60. The predicted octanol–water partition coefficient (Wildman–Crippen LogP) is 3.65. The number of carbonyl (C=O) groups is 1. The molecule has 0 amide bonds. The Kier molecular flexibility index (Phi) is 3.71. The molecule has 0 atom stereocenters. The van der Waals surface area contributed by atoms with Crippen LogP contribution in [0.2, 0.25) is 0 Å². The normalized spacial score (nSPS) is 9.92. The van der Waals surface area contributed by atoms with Gasteiger partial charge in [-0.25, -0.2) is 0 Å². The van der Waals surface area contributed by atoms with E-state index >= 15 is 0 Å². The number of benzene rings is 1. The van der Waals surface area contributed by atoms with Gasteiger partial charge in [0, 0.05) is 20.0 Å². The summed E-state index contributed by atoms with van der Waals surface area (Å²) in [6.07, 6.45) is 0.562. The van der Waals surface area contributed by atoms with Crippen molar-refractivity contribution in [2.45, 2.75) is 13.3 Å². The lowest BCUT2D eigenvalue weighted by Crippen LogP contribution is -1.96. The predicted molar refractivity (Wildman–Crippen MR) is 61.5 cm³/mol. The van der Waals surface area contributed by atoms with Crippen molar-refractivity contribution in [3.05, 3.63) is 31.8 Å². The van der Waals surface area contributed by atoms with Crippen LogP contribution < -0.4 is 0 Å². The summed E-state index contributed by atoms with van der Waals surface area (Å²) in [4.78, 5) is 11.3. The number of carbonyl (C=O) groups excluding carboxylic acids is 1. The van der Waals surface area contributed by atoms with Crippen LogP contribution in [-0.2, 0) is 0 Å². The minimum absolute atomic E-state index is 0.189. The molecule has 1 aromatic carbocycles. The molecular formula is C9H8BrIO. The number of ketones is 1. The maximum atomic E-state index is 11.3. The SMILES string of the molecule is CCC(=O)c1cc(Br)cc(I)c1. The summed E-state index contributed by atoms with van der Waals surface area (Å²) < 4.78 is 2.05. The molecule has 12 heavy (non-hydrogen) atoms. The second-order valence-corrected chi connectivity index (χ2v) is 4.60. The fraction of sp³-hybridized carbons (Fsp3) is 0.222. The lowest BCUT2D eigenvalue weighted by molar-refractivity contribution is 0.0988. The van der Waals surface area contributed by atoms with E-state index in [1.807, 2.05) is 25.1 Å². The molecule has 1 nitrogen and oxygen atoms in total. The average Bonchev–Trinajstić information content (AvgIpc) is 2.01. The highest BCUT2D eigenvalue weighted by Gasteiger charge is 2.04. The van der Waals surface area contributed by atoms with Crippen LogP contribution in [0.5, 0.6) is 0 Å². The van der Waals surface area contributed by atoms with E-state index in [0.29, 0.717) is 6.42 Å². The van der Waals surface area contributed by atoms with Gasteiger partial charge in [-0.15, -0.1) is 0 Å². The molecule has 0 fully saturated rings. The largest absolute Gasteiger partial charge is 0.294 e. The lowest BCUT2D eigenvalue weighted by Gasteiger charge is -1.99. The highest BCUT2D eigenvalue weighted by Crippen LogP contribution is 2.18. The van der Waals surface area contributed by atoms with Gasteiger partial charge in [0.2, 0.25) is 0 Å². The van der Waals surface area contributed by atoms with Crippen LogP contribution in [0.1, 0.15) is 23.7 Å². The number of rotatable bonds is 2. The Bertz CT molecular complexity index is 289. The minimum atomic E-state index is 0.189. The number of hydrogen-bond donors (Lipinski definition) is 0. The van der Waals surface area contributed by atoms with E-state index in [0.717, 1.165) is 13.6 Å². The summed E-state index contributed by atoms with van der Waals surface area (Å²) in [6, 6.07) is 5.73. The van der Waals surface area contributed by atoms with Crippen molar-refractivity contribution in [1.82, 2.24) is 0 Å². The standard InChI is InChI=1S/C9H8BrIO/c1-2-9(12)6-3-7(10)5-8(11)4-6/h3-5H,2H2,1H3. The summed E-state index contributed by atoms with van der Waals surface area (Å²) in [5.41, 5.74) is 0.788. The first-order valence-corrected chi connectivity index (χ1v) is 5.50. The third-order valence-corrected chi connectivity index (χ3v) is 2.59. The molecule has 0 radical (unpaired) electrons. The van der Waals surface area contributed by atoms with E-state index in [1.165, 1.54) is 0 Å². The zero-order chi connectivity index (χ0) is 9.14. The van der Waals surface area contributed by atoms with Crippen LogP contribution >= 0.6 is 38.5 Å². The Hall–Kier alpha value is 0.1000. The first-order chi connectivity index (χ1) is 5.63. The quantitative estimate of drug-likeness (QED) is 0.594. The number of halogens is 2. The van der Waals surface area contributed by atoms with E-state index in [9.17, 15) is 4.79 Å². The van der Waals surface area contributed by atoms with Gasteiger partial charge in [0.05, 0.1) is 0 Å². The third-order valence-electron chi connectivity index (χ3n) is 1.51. The fourth-order valence-corrected chi connectivity index (χ4v) is 2.51. The Morgan fingerprint density at radius 1 is 1.50 bits per heavy atom. The van der Waals surface area contributed by atoms with Gasteiger partial charge in [0.15, 0.2) is 5.78 Å². The smallest absolute Gasteiger partial charge is 0.162 e. The van der Waals surface area contributed by atoms with Gasteiger partial charge in [-0.2, -0.15) is 0 Å². The van der Waals surface area contributed by atoms with Gasteiger partial charge in [0.25, 0.3) is 0 Å². The molecule has 0 bridgehead atoms. The van der Waals surface area contributed by atoms with Crippen molar-refractivity contribution in [2.75, 3.05) is 0 Å². The van der Waals surface area contributed by atoms with E-state index in [4.69, 9.17) is 0 Å². The monoisotopic (exact) mass is 338 g/mol. The second-order valence-electron chi connectivity index (χ2n) is 2.43. The molecule has 0 spiro atoms. The molecule has 0 unspecified atom stereocenters. The van der Waals surface area contributed by atoms with E-state index in [-0.39, 0.29) is 5.78 Å². The Labute approximate surface area is 93.8 Å². The first kappa shape index (κ1) is 10.2. The third kappa shape index (κ3) is 2.55. The maximum Gasteiger partial charge on any atom is 0.162 e. The Morgan fingerprint density at radius 3 is 2.67 bits per heavy atom. The van der Waals surface area contributed by atoms with Crippen LogP contribution in [-0.4, -0.2) is 5.78 Å². The van der Waals surface area contributed by atoms with Crippen molar-refractivity contribution in [1.29, 1.82) is 0 Å². The second kappa shape index (κ2) is 4.37. The van der Waals surface area contributed by atoms with Gasteiger partial charge in [-0.3, -0.25) is 4.79 Å². The molecule has 0 aliphatic heterocycles. The molecule has 0 saturated carbocycles.